The van der Waals surface area contributed by atoms with Gasteiger partial charge in [0.1, 0.15) is 0 Å². The molecule has 0 aliphatic heterocycles. The Morgan fingerprint density at radius 3 is 2.06 bits per heavy atom. The Morgan fingerprint density at radius 1 is 1.00 bits per heavy atom. The molecule has 0 amide bonds. The van der Waals surface area contributed by atoms with Crippen LogP contribution in [0.3, 0.4) is 0 Å². The van der Waals surface area contributed by atoms with E-state index in [1.54, 1.807) is 6.92 Å². The topological polar surface area (TPSA) is 54.2 Å². The smallest absolute Gasteiger partial charge is 0.209 e. The van der Waals surface area contributed by atoms with Gasteiger partial charge in [0.05, 0.1) is 5.54 Å². The minimum atomic E-state index is -0.888. The first-order valence-electron chi connectivity index (χ1n) is 6.09. The Bertz CT molecular complexity index is 212. The van der Waals surface area contributed by atoms with Crippen LogP contribution in [0, 0.1) is 0 Å². The second-order valence-electron chi connectivity index (χ2n) is 5.45. The van der Waals surface area contributed by atoms with E-state index < -0.39 is 5.72 Å². The Morgan fingerprint density at radius 2 is 1.62 bits per heavy atom. The number of hydrogen-bond donors (Lipinski definition) is 1. The summed E-state index contributed by atoms with van der Waals surface area (Å²) < 4.78 is 0. The molecular formula is C12H26N2O2. The van der Waals surface area contributed by atoms with Gasteiger partial charge in [-0.3, -0.25) is 0 Å². The number of rotatable bonds is 7. The van der Waals surface area contributed by atoms with Gasteiger partial charge in [-0.05, 0) is 34.1 Å². The third-order valence-corrected chi connectivity index (χ3v) is 2.25. The Kier molecular flexibility index (Phi) is 6.76. The molecule has 0 aliphatic carbocycles. The highest BCUT2D eigenvalue weighted by atomic mass is 17.1. The number of hydrogen-bond acceptors (Lipinski definition) is 4. The van der Waals surface area contributed by atoms with Gasteiger partial charge >= 0.3 is 0 Å². The zero-order chi connectivity index (χ0) is 12.7. The van der Waals surface area contributed by atoms with Crippen molar-refractivity contribution < 1.29 is 10.1 Å². The molecule has 0 aromatic carbocycles. The van der Waals surface area contributed by atoms with Gasteiger partial charge in [0.25, 0.3) is 0 Å². The standard InChI is InChI=1S/C12H26N2O2/c1-6-7-8-9-10-12(5,16-15)14-13-11(2,3)4/h15H,6-10H2,1-5H3/b14-13+. The summed E-state index contributed by atoms with van der Waals surface area (Å²) in [6.07, 6.45) is 5.23. The highest BCUT2D eigenvalue weighted by Crippen LogP contribution is 2.22. The summed E-state index contributed by atoms with van der Waals surface area (Å²) in [6, 6.07) is 0. The van der Waals surface area contributed by atoms with Crippen molar-refractivity contribution in [2.75, 3.05) is 0 Å². The Labute approximate surface area is 99.0 Å². The Balaban J connectivity index is 4.15. The SMILES string of the molecule is CCCCCCC(C)(/N=N/C(C)(C)C)OO. The van der Waals surface area contributed by atoms with E-state index in [-0.39, 0.29) is 5.54 Å². The molecule has 0 radical (unpaired) electrons. The molecule has 1 unspecified atom stereocenters. The molecule has 0 aromatic heterocycles. The lowest BCUT2D eigenvalue weighted by molar-refractivity contribution is -0.319. The molecule has 0 saturated heterocycles. The molecule has 0 fully saturated rings. The zero-order valence-electron chi connectivity index (χ0n) is 11.3. The van der Waals surface area contributed by atoms with Gasteiger partial charge in [-0.2, -0.15) is 10.2 Å². The lowest BCUT2D eigenvalue weighted by atomic mass is 10.1. The van der Waals surface area contributed by atoms with Crippen LogP contribution in [0.2, 0.25) is 0 Å². The van der Waals surface area contributed by atoms with Crippen molar-refractivity contribution in [2.45, 2.75) is 78.0 Å². The van der Waals surface area contributed by atoms with Crippen LogP contribution in [0.5, 0.6) is 0 Å². The fourth-order valence-corrected chi connectivity index (χ4v) is 1.25. The van der Waals surface area contributed by atoms with E-state index in [1.807, 2.05) is 20.8 Å². The maximum Gasteiger partial charge on any atom is 0.209 e. The summed E-state index contributed by atoms with van der Waals surface area (Å²) in [5.74, 6) is 0. The second-order valence-corrected chi connectivity index (χ2v) is 5.45. The lowest BCUT2D eigenvalue weighted by Crippen LogP contribution is -2.25. The molecule has 1 N–H and O–H groups in total. The first-order chi connectivity index (χ1) is 7.33. The van der Waals surface area contributed by atoms with Crippen LogP contribution in [0.4, 0.5) is 0 Å². The molecule has 16 heavy (non-hydrogen) atoms. The van der Waals surface area contributed by atoms with Crippen LogP contribution >= 0.6 is 0 Å². The molecule has 0 saturated carbocycles. The van der Waals surface area contributed by atoms with Crippen molar-refractivity contribution in [3.8, 4) is 0 Å². The molecule has 1 atom stereocenters. The van der Waals surface area contributed by atoms with Gasteiger partial charge in [-0.25, -0.2) is 10.1 Å². The fourth-order valence-electron chi connectivity index (χ4n) is 1.25. The van der Waals surface area contributed by atoms with Crippen molar-refractivity contribution in [3.05, 3.63) is 0 Å². The molecule has 0 rings (SSSR count). The van der Waals surface area contributed by atoms with Gasteiger partial charge in [0.15, 0.2) is 0 Å². The molecule has 0 aliphatic rings. The van der Waals surface area contributed by atoms with Crippen LogP contribution in [0.25, 0.3) is 0 Å². The van der Waals surface area contributed by atoms with Gasteiger partial charge in [-0.15, -0.1) is 0 Å². The van der Waals surface area contributed by atoms with Gasteiger partial charge in [0, 0.05) is 6.42 Å². The van der Waals surface area contributed by atoms with Crippen LogP contribution in [-0.2, 0) is 4.89 Å². The highest BCUT2D eigenvalue weighted by Gasteiger charge is 2.25. The molecule has 0 heterocycles. The average Bonchev–Trinajstić information content (AvgIpc) is 2.21. The summed E-state index contributed by atoms with van der Waals surface area (Å²) in [6.45, 7) is 9.82. The summed E-state index contributed by atoms with van der Waals surface area (Å²) >= 11 is 0. The summed E-state index contributed by atoms with van der Waals surface area (Å²) in [5, 5.41) is 17.1. The minimum Gasteiger partial charge on any atom is -0.249 e. The first kappa shape index (κ1) is 15.5. The third kappa shape index (κ3) is 7.77. The average molecular weight is 230 g/mol. The lowest BCUT2D eigenvalue weighted by Gasteiger charge is -2.21. The van der Waals surface area contributed by atoms with Crippen LogP contribution in [0.1, 0.15) is 66.7 Å². The maximum absolute atomic E-state index is 8.88. The zero-order valence-corrected chi connectivity index (χ0v) is 11.3. The number of nitrogens with zero attached hydrogens (tertiary/aromatic N) is 2. The van der Waals surface area contributed by atoms with E-state index in [0.717, 1.165) is 12.8 Å². The van der Waals surface area contributed by atoms with E-state index in [4.69, 9.17) is 5.26 Å². The van der Waals surface area contributed by atoms with E-state index in [0.29, 0.717) is 6.42 Å². The Hall–Kier alpha value is -0.480. The van der Waals surface area contributed by atoms with E-state index in [2.05, 4.69) is 22.0 Å². The van der Waals surface area contributed by atoms with Gasteiger partial charge in [0.2, 0.25) is 5.72 Å². The summed E-state index contributed by atoms with van der Waals surface area (Å²) in [4.78, 5) is 4.45. The van der Waals surface area contributed by atoms with Crippen LogP contribution < -0.4 is 0 Å². The van der Waals surface area contributed by atoms with E-state index in [1.165, 1.54) is 12.8 Å². The summed E-state index contributed by atoms with van der Waals surface area (Å²) in [5.41, 5.74) is -1.12. The molecule has 0 bridgehead atoms. The summed E-state index contributed by atoms with van der Waals surface area (Å²) in [7, 11) is 0. The van der Waals surface area contributed by atoms with Crippen LogP contribution in [-0.4, -0.2) is 16.5 Å². The highest BCUT2D eigenvalue weighted by molar-refractivity contribution is 4.73. The molecule has 4 heteroatoms. The number of azo groups is 1. The number of unbranched alkanes of at least 4 members (excludes halogenated alkanes) is 3. The van der Waals surface area contributed by atoms with Crippen LogP contribution in [0.15, 0.2) is 10.2 Å². The van der Waals surface area contributed by atoms with Gasteiger partial charge in [-0.1, -0.05) is 26.2 Å². The molecular weight excluding hydrogens is 204 g/mol. The first-order valence-corrected chi connectivity index (χ1v) is 6.09. The monoisotopic (exact) mass is 230 g/mol. The molecule has 0 spiro atoms. The van der Waals surface area contributed by atoms with Crippen molar-refractivity contribution in [2.24, 2.45) is 10.2 Å². The van der Waals surface area contributed by atoms with Crippen molar-refractivity contribution >= 4 is 0 Å². The predicted molar refractivity (Wildman–Crippen MR) is 65.5 cm³/mol. The molecule has 4 nitrogen and oxygen atoms in total. The third-order valence-electron chi connectivity index (χ3n) is 2.25. The second kappa shape index (κ2) is 6.97. The van der Waals surface area contributed by atoms with E-state index in [9.17, 15) is 0 Å². The maximum atomic E-state index is 8.88. The fraction of sp³-hybridized carbons (Fsp3) is 1.00. The minimum absolute atomic E-state index is 0.233. The molecule has 0 aromatic rings. The van der Waals surface area contributed by atoms with Crippen molar-refractivity contribution in [1.29, 1.82) is 0 Å². The normalized spacial score (nSPS) is 16.6. The predicted octanol–water partition coefficient (Wildman–Crippen LogP) is 4.41. The largest absolute Gasteiger partial charge is 0.249 e. The quantitative estimate of drug-likeness (QED) is 0.305. The molecule has 96 valence electrons. The van der Waals surface area contributed by atoms with Crippen molar-refractivity contribution in [1.82, 2.24) is 0 Å². The van der Waals surface area contributed by atoms with Gasteiger partial charge < -0.3 is 0 Å². The van der Waals surface area contributed by atoms with Crippen molar-refractivity contribution in [3.63, 3.8) is 0 Å². The van der Waals surface area contributed by atoms with E-state index >= 15 is 0 Å².